The molecular weight excluding hydrogens is 645 g/mol. The lowest BCUT2D eigenvalue weighted by molar-refractivity contribution is -0.155. The Morgan fingerprint density at radius 3 is 2.70 bits per heavy atom. The number of ether oxygens (including phenoxy) is 1. The van der Waals surface area contributed by atoms with Gasteiger partial charge in [0.25, 0.3) is 0 Å². The number of fused-ring (bicyclic) bond motifs is 1. The number of pyridine rings is 1. The maximum Gasteiger partial charge on any atom is 0.249 e. The molecule has 3 heterocycles. The van der Waals surface area contributed by atoms with Gasteiger partial charge in [-0.1, -0.05) is 96.4 Å². The summed E-state index contributed by atoms with van der Waals surface area (Å²) in [5, 5.41) is 4.82. The van der Waals surface area contributed by atoms with Crippen LogP contribution in [-0.4, -0.2) is 67.2 Å². The van der Waals surface area contributed by atoms with Gasteiger partial charge in [0.1, 0.15) is 15.8 Å². The highest BCUT2D eigenvalue weighted by Gasteiger charge is 2.56. The van der Waals surface area contributed by atoms with E-state index in [-0.39, 0.29) is 40.5 Å². The number of β-lactam (4-membered cyclic amide) rings is 1. The molecule has 2 aliphatic heterocycles. The first kappa shape index (κ1) is 33.8. The van der Waals surface area contributed by atoms with Crippen LogP contribution in [0, 0.1) is 5.92 Å². The maximum atomic E-state index is 13.9. The van der Waals surface area contributed by atoms with E-state index in [9.17, 15) is 9.59 Å². The van der Waals surface area contributed by atoms with Gasteiger partial charge in [0.05, 0.1) is 25.3 Å². The van der Waals surface area contributed by atoms with Crippen molar-refractivity contribution in [3.8, 4) is 0 Å². The zero-order valence-corrected chi connectivity index (χ0v) is 28.9. The zero-order chi connectivity index (χ0) is 32.4. The standard InChI is InChI=1S/C37H42N4O3S3/c1-2-45-37(39-23-27-18-20-38-21-19-27)47-31-25-46-36-33(40-32(42)22-26-12-6-3-7-13-26)35(43)41(36)30(31)24-44-34(28-14-8-4-9-15-28)29-16-10-5-11-17-29/h2-6,8-10,12,14,16,18-21,28,30-31,33-34,36H,1,7,11,13,15,17,22-25H2,(H,40,42)/b39-37+/t28-,30+,31?,33?,34?,36?/m0/s1. The van der Waals surface area contributed by atoms with Gasteiger partial charge in [0.2, 0.25) is 11.8 Å². The molecule has 1 aromatic heterocycles. The molecule has 1 N–H and O–H groups in total. The van der Waals surface area contributed by atoms with E-state index >= 15 is 0 Å². The molecule has 246 valence electrons. The van der Waals surface area contributed by atoms with Crippen LogP contribution in [0.5, 0.6) is 0 Å². The SMILES string of the molecule is C=CS/C(=N\Cc1ccncc1)SC1CSC2C(NC(=O)CC3=CC=CCC3)C(=O)N2[C@@H]1COC(C1=CC=CCC1)[C@H]1C=CC=CC1. The molecule has 0 radical (unpaired) electrons. The molecule has 5 aliphatic rings. The van der Waals surface area contributed by atoms with Crippen molar-refractivity contribution in [2.45, 2.75) is 73.9 Å². The molecular formula is C37H42N4O3S3. The molecule has 47 heavy (non-hydrogen) atoms. The predicted octanol–water partition coefficient (Wildman–Crippen LogP) is 7.15. The summed E-state index contributed by atoms with van der Waals surface area (Å²) in [7, 11) is 0. The molecule has 6 rings (SSSR count). The van der Waals surface area contributed by atoms with Crippen LogP contribution < -0.4 is 5.32 Å². The van der Waals surface area contributed by atoms with Crippen LogP contribution >= 0.6 is 35.3 Å². The number of hydrogen-bond acceptors (Lipinski definition) is 8. The highest BCUT2D eigenvalue weighted by atomic mass is 32.2. The van der Waals surface area contributed by atoms with Gasteiger partial charge >= 0.3 is 0 Å². The summed E-state index contributed by atoms with van der Waals surface area (Å²) in [4.78, 5) is 37.9. The van der Waals surface area contributed by atoms with Gasteiger partial charge in [-0.3, -0.25) is 19.6 Å². The molecule has 1 aromatic rings. The van der Waals surface area contributed by atoms with Crippen molar-refractivity contribution < 1.29 is 14.3 Å². The van der Waals surface area contributed by atoms with Crippen molar-refractivity contribution in [3.63, 3.8) is 0 Å². The lowest BCUT2D eigenvalue weighted by Gasteiger charge is -2.55. The average molecular weight is 687 g/mol. The van der Waals surface area contributed by atoms with Crippen molar-refractivity contribution in [2.75, 3.05) is 12.4 Å². The smallest absolute Gasteiger partial charge is 0.249 e. The molecule has 6 atom stereocenters. The van der Waals surface area contributed by atoms with Gasteiger partial charge in [-0.05, 0) is 60.8 Å². The molecule has 7 nitrogen and oxygen atoms in total. The molecule has 0 spiro atoms. The second-order valence-corrected chi connectivity index (χ2v) is 15.7. The minimum absolute atomic E-state index is 0.0317. The number of carbonyl (C=O) groups excluding carboxylic acids is 2. The van der Waals surface area contributed by atoms with E-state index in [4.69, 9.17) is 9.73 Å². The summed E-state index contributed by atoms with van der Waals surface area (Å²) >= 11 is 4.95. The number of aliphatic imine (C=N–C) groups is 1. The number of nitrogens with one attached hydrogen (secondary N) is 1. The molecule has 0 aromatic carbocycles. The van der Waals surface area contributed by atoms with E-state index in [0.29, 0.717) is 19.6 Å². The zero-order valence-electron chi connectivity index (χ0n) is 26.5. The first-order valence-electron chi connectivity index (χ1n) is 16.4. The third kappa shape index (κ3) is 8.71. The normalized spacial score (nSPS) is 27.4. The molecule has 2 fully saturated rings. The Morgan fingerprint density at radius 2 is 1.98 bits per heavy atom. The van der Waals surface area contributed by atoms with Crippen molar-refractivity contribution in [1.29, 1.82) is 0 Å². The first-order valence-corrected chi connectivity index (χ1v) is 19.2. The van der Waals surface area contributed by atoms with Crippen molar-refractivity contribution in [2.24, 2.45) is 10.9 Å². The fourth-order valence-corrected chi connectivity index (χ4v) is 10.3. The fourth-order valence-electron chi connectivity index (χ4n) is 6.50. The van der Waals surface area contributed by atoms with E-state index < -0.39 is 6.04 Å². The second-order valence-electron chi connectivity index (χ2n) is 12.1. The third-order valence-corrected chi connectivity index (χ3v) is 12.7. The van der Waals surface area contributed by atoms with Crippen LogP contribution in [-0.2, 0) is 20.9 Å². The highest BCUT2D eigenvalue weighted by Crippen LogP contribution is 2.44. The number of carbonyl (C=O) groups is 2. The Labute approximate surface area is 290 Å². The Bertz CT molecular complexity index is 1520. The molecule has 2 saturated heterocycles. The van der Waals surface area contributed by atoms with Gasteiger partial charge in [0, 0.05) is 35.7 Å². The molecule has 4 unspecified atom stereocenters. The summed E-state index contributed by atoms with van der Waals surface area (Å²) in [5.41, 5.74) is 3.50. The Balaban J connectivity index is 1.20. The molecule has 3 aliphatic carbocycles. The average Bonchev–Trinajstić information content (AvgIpc) is 3.12. The monoisotopic (exact) mass is 686 g/mol. The van der Waals surface area contributed by atoms with Crippen molar-refractivity contribution >= 4 is 51.5 Å². The topological polar surface area (TPSA) is 83.9 Å². The molecule has 10 heteroatoms. The van der Waals surface area contributed by atoms with Gasteiger partial charge in [0.15, 0.2) is 0 Å². The van der Waals surface area contributed by atoms with Crippen molar-refractivity contribution in [3.05, 3.63) is 114 Å². The summed E-state index contributed by atoms with van der Waals surface area (Å²) in [5.74, 6) is 0.936. The number of thioether (sulfide) groups is 3. The summed E-state index contributed by atoms with van der Waals surface area (Å²) in [6, 6.07) is 3.26. The van der Waals surface area contributed by atoms with E-state index in [1.807, 2.05) is 34.6 Å². The quantitative estimate of drug-likeness (QED) is 0.142. The number of hydrogen-bond donors (Lipinski definition) is 1. The maximum absolute atomic E-state index is 13.9. The van der Waals surface area contributed by atoms with Crippen LogP contribution in [0.3, 0.4) is 0 Å². The van der Waals surface area contributed by atoms with Crippen molar-refractivity contribution in [1.82, 2.24) is 15.2 Å². The number of amides is 2. The molecule has 0 saturated carbocycles. The van der Waals surface area contributed by atoms with E-state index in [2.05, 4.69) is 65.5 Å². The summed E-state index contributed by atoms with van der Waals surface area (Å²) in [6.45, 7) is 4.91. The van der Waals surface area contributed by atoms with Crippen LogP contribution in [0.2, 0.25) is 0 Å². The van der Waals surface area contributed by atoms with Crippen LogP contribution in [0.1, 0.15) is 44.1 Å². The van der Waals surface area contributed by atoms with Gasteiger partial charge in [-0.2, -0.15) is 0 Å². The predicted molar refractivity (Wildman–Crippen MR) is 197 cm³/mol. The van der Waals surface area contributed by atoms with E-state index in [1.165, 1.54) is 17.3 Å². The van der Waals surface area contributed by atoms with E-state index in [1.54, 1.807) is 35.9 Å². The van der Waals surface area contributed by atoms with E-state index in [0.717, 1.165) is 53.4 Å². The lowest BCUT2D eigenvalue weighted by Crippen LogP contribution is -2.75. The number of allylic oxidation sites excluding steroid dienone is 9. The summed E-state index contributed by atoms with van der Waals surface area (Å²) < 4.78 is 7.81. The van der Waals surface area contributed by atoms with Crippen LogP contribution in [0.15, 0.2) is 113 Å². The Hall–Kier alpha value is -3.05. The number of nitrogens with zero attached hydrogens (tertiary/aromatic N) is 3. The number of aromatic nitrogens is 1. The Kier molecular flexibility index (Phi) is 12.1. The third-order valence-electron chi connectivity index (χ3n) is 8.94. The molecule has 2 amide bonds. The van der Waals surface area contributed by atoms with Gasteiger partial charge < -0.3 is 15.0 Å². The van der Waals surface area contributed by atoms with Gasteiger partial charge in [-0.15, -0.1) is 11.8 Å². The first-order chi connectivity index (χ1) is 23.1. The largest absolute Gasteiger partial charge is 0.371 e. The Morgan fingerprint density at radius 1 is 1.15 bits per heavy atom. The second kappa shape index (κ2) is 16.9. The van der Waals surface area contributed by atoms with Gasteiger partial charge in [-0.25, -0.2) is 0 Å². The van der Waals surface area contributed by atoms with Crippen LogP contribution in [0.4, 0.5) is 0 Å². The fraction of sp³-hybridized carbons (Fsp3) is 0.405. The van der Waals surface area contributed by atoms with Crippen LogP contribution in [0.25, 0.3) is 0 Å². The summed E-state index contributed by atoms with van der Waals surface area (Å²) in [6.07, 6.45) is 29.9. The molecule has 0 bridgehead atoms. The lowest BCUT2D eigenvalue weighted by atomic mass is 9.86. The minimum Gasteiger partial charge on any atom is -0.371 e. The number of rotatable bonds is 12. The highest BCUT2D eigenvalue weighted by molar-refractivity contribution is 8.40. The minimum atomic E-state index is -0.517.